The Morgan fingerprint density at radius 3 is 2.63 bits per heavy atom. The number of aromatic nitrogens is 4. The van der Waals surface area contributed by atoms with Crippen LogP contribution in [0.5, 0.6) is 0 Å². The number of anilines is 2. The van der Waals surface area contributed by atoms with Crippen LogP contribution >= 0.6 is 0 Å². The number of H-pyrrole nitrogens is 2. The fourth-order valence-electron chi connectivity index (χ4n) is 4.69. The van der Waals surface area contributed by atoms with Gasteiger partial charge in [0, 0.05) is 17.8 Å². The van der Waals surface area contributed by atoms with E-state index >= 15 is 0 Å². The molecule has 1 aliphatic heterocycles. The second-order valence-electron chi connectivity index (χ2n) is 9.08. The fourth-order valence-corrected chi connectivity index (χ4v) is 4.69. The third-order valence-corrected chi connectivity index (χ3v) is 6.76. The van der Waals surface area contributed by atoms with E-state index < -0.39 is 0 Å². The number of carbonyl (C=O) groups excluding carboxylic acids is 1. The topological polar surface area (TPSA) is 89.7 Å². The van der Waals surface area contributed by atoms with E-state index in [0.29, 0.717) is 18.7 Å². The number of nitrogens with zero attached hydrogens (tertiary/aromatic N) is 3. The van der Waals surface area contributed by atoms with E-state index in [4.69, 9.17) is 4.98 Å². The van der Waals surface area contributed by atoms with Gasteiger partial charge < -0.3 is 15.2 Å². The maximum absolute atomic E-state index is 13.5. The lowest BCUT2D eigenvalue weighted by molar-refractivity contribution is 0.0733. The Morgan fingerprint density at radius 1 is 1.00 bits per heavy atom. The summed E-state index contributed by atoms with van der Waals surface area (Å²) >= 11 is 0. The van der Waals surface area contributed by atoms with Crippen LogP contribution in [0.15, 0.2) is 66.7 Å². The number of para-hydroxylation sites is 2. The zero-order chi connectivity index (χ0) is 23.9. The average Bonchev–Trinajstić information content (AvgIpc) is 3.48. The Kier molecular flexibility index (Phi) is 5.10. The minimum Gasteiger partial charge on any atom is -0.355 e. The van der Waals surface area contributed by atoms with Crippen molar-refractivity contribution in [2.75, 3.05) is 11.9 Å². The van der Waals surface area contributed by atoms with Gasteiger partial charge in [-0.05, 0) is 67.8 Å². The number of hydrogen-bond donors (Lipinski definition) is 3. The SMILES string of the molecule is Cc1cc2nc(-c3[nH]nc4c3CCN(C(=O)c3ccccc3Nc3ccccc3)C4)[nH]c2cc1C. The molecular formula is C28H26N6O. The molecule has 0 aliphatic carbocycles. The van der Waals surface area contributed by atoms with Crippen molar-refractivity contribution in [1.29, 1.82) is 0 Å². The highest BCUT2D eigenvalue weighted by Crippen LogP contribution is 2.30. The number of benzene rings is 3. The maximum Gasteiger partial charge on any atom is 0.256 e. The van der Waals surface area contributed by atoms with Crippen LogP contribution in [-0.4, -0.2) is 37.5 Å². The van der Waals surface area contributed by atoms with Gasteiger partial charge in [0.05, 0.1) is 34.5 Å². The Balaban J connectivity index is 1.26. The first kappa shape index (κ1) is 21.2. The molecular weight excluding hydrogens is 436 g/mol. The number of amides is 1. The number of aromatic amines is 2. The number of rotatable bonds is 4. The number of nitrogens with one attached hydrogen (secondary N) is 3. The highest BCUT2D eigenvalue weighted by atomic mass is 16.2. The molecule has 3 heterocycles. The lowest BCUT2D eigenvalue weighted by Gasteiger charge is -2.27. The van der Waals surface area contributed by atoms with Crippen LogP contribution in [0.3, 0.4) is 0 Å². The summed E-state index contributed by atoms with van der Waals surface area (Å²) in [5, 5.41) is 11.1. The minimum atomic E-state index is -0.00563. The van der Waals surface area contributed by atoms with Gasteiger partial charge in [0.2, 0.25) is 0 Å². The van der Waals surface area contributed by atoms with Gasteiger partial charge in [0.25, 0.3) is 5.91 Å². The zero-order valence-electron chi connectivity index (χ0n) is 19.7. The van der Waals surface area contributed by atoms with Gasteiger partial charge in [-0.3, -0.25) is 9.89 Å². The average molecular weight is 463 g/mol. The molecule has 1 aliphatic rings. The standard InChI is InChI=1S/C28H26N6O/c1-17-14-23-24(15-18(17)2)31-27(30-23)26-20-12-13-34(16-25(20)32-33-26)28(35)21-10-6-7-11-22(21)29-19-8-4-3-5-9-19/h3-11,14-15,29H,12-13,16H2,1-2H3,(H,30,31)(H,32,33). The monoisotopic (exact) mass is 462 g/mol. The molecule has 0 spiro atoms. The predicted molar refractivity (Wildman–Crippen MR) is 138 cm³/mol. The summed E-state index contributed by atoms with van der Waals surface area (Å²) in [5.74, 6) is 0.782. The van der Waals surface area contributed by atoms with Crippen LogP contribution in [0.2, 0.25) is 0 Å². The van der Waals surface area contributed by atoms with E-state index in [1.807, 2.05) is 59.5 Å². The van der Waals surface area contributed by atoms with Crippen LogP contribution < -0.4 is 5.32 Å². The molecule has 5 aromatic rings. The molecule has 6 rings (SSSR count). The van der Waals surface area contributed by atoms with Crippen LogP contribution in [0.25, 0.3) is 22.6 Å². The molecule has 0 bridgehead atoms. The van der Waals surface area contributed by atoms with Crippen LogP contribution in [0, 0.1) is 13.8 Å². The highest BCUT2D eigenvalue weighted by molar-refractivity contribution is 6.00. The highest BCUT2D eigenvalue weighted by Gasteiger charge is 2.28. The third kappa shape index (κ3) is 3.85. The van der Waals surface area contributed by atoms with Crippen molar-refractivity contribution >= 4 is 28.3 Å². The van der Waals surface area contributed by atoms with Crippen molar-refractivity contribution in [3.63, 3.8) is 0 Å². The molecule has 0 saturated heterocycles. The van der Waals surface area contributed by atoms with Gasteiger partial charge in [-0.1, -0.05) is 30.3 Å². The zero-order valence-corrected chi connectivity index (χ0v) is 19.7. The minimum absolute atomic E-state index is 0.00563. The number of imidazole rings is 1. The summed E-state index contributed by atoms with van der Waals surface area (Å²) in [7, 11) is 0. The van der Waals surface area contributed by atoms with E-state index in [0.717, 1.165) is 51.6 Å². The van der Waals surface area contributed by atoms with Crippen molar-refractivity contribution in [3.05, 3.63) is 94.7 Å². The van der Waals surface area contributed by atoms with Gasteiger partial charge in [-0.2, -0.15) is 5.10 Å². The Labute approximate surface area is 203 Å². The van der Waals surface area contributed by atoms with E-state index in [1.54, 1.807) is 0 Å². The lowest BCUT2D eigenvalue weighted by atomic mass is 10.0. The summed E-state index contributed by atoms with van der Waals surface area (Å²) in [6, 6.07) is 21.8. The smallest absolute Gasteiger partial charge is 0.256 e. The Hall–Kier alpha value is -4.39. The van der Waals surface area contributed by atoms with E-state index in [2.05, 4.69) is 46.5 Å². The first-order chi connectivity index (χ1) is 17.1. The molecule has 3 N–H and O–H groups in total. The van der Waals surface area contributed by atoms with Crippen molar-refractivity contribution in [2.45, 2.75) is 26.8 Å². The summed E-state index contributed by atoms with van der Waals surface area (Å²) < 4.78 is 0. The molecule has 7 nitrogen and oxygen atoms in total. The normalized spacial score (nSPS) is 13.1. The number of hydrogen-bond acceptors (Lipinski definition) is 4. The van der Waals surface area contributed by atoms with Crippen LogP contribution in [0.4, 0.5) is 11.4 Å². The molecule has 0 radical (unpaired) electrons. The summed E-state index contributed by atoms with van der Waals surface area (Å²) in [5.41, 5.74) is 9.73. The first-order valence-electron chi connectivity index (χ1n) is 11.8. The van der Waals surface area contributed by atoms with Gasteiger partial charge in [-0.25, -0.2) is 4.98 Å². The second kappa shape index (κ2) is 8.43. The van der Waals surface area contributed by atoms with Crippen molar-refractivity contribution in [2.24, 2.45) is 0 Å². The van der Waals surface area contributed by atoms with Gasteiger partial charge in [-0.15, -0.1) is 0 Å². The van der Waals surface area contributed by atoms with Crippen LogP contribution in [-0.2, 0) is 13.0 Å². The van der Waals surface area contributed by atoms with Crippen molar-refractivity contribution < 1.29 is 4.79 Å². The molecule has 174 valence electrons. The molecule has 2 aromatic heterocycles. The third-order valence-electron chi connectivity index (χ3n) is 6.76. The van der Waals surface area contributed by atoms with Crippen molar-refractivity contribution in [1.82, 2.24) is 25.1 Å². The van der Waals surface area contributed by atoms with Crippen molar-refractivity contribution in [3.8, 4) is 11.5 Å². The molecule has 35 heavy (non-hydrogen) atoms. The summed E-state index contributed by atoms with van der Waals surface area (Å²) in [4.78, 5) is 23.6. The summed E-state index contributed by atoms with van der Waals surface area (Å²) in [6.45, 7) is 5.28. The summed E-state index contributed by atoms with van der Waals surface area (Å²) in [6.07, 6.45) is 0.719. The molecule has 0 atom stereocenters. The largest absolute Gasteiger partial charge is 0.355 e. The first-order valence-corrected chi connectivity index (χ1v) is 11.8. The van der Waals surface area contributed by atoms with E-state index in [9.17, 15) is 4.79 Å². The second-order valence-corrected chi connectivity index (χ2v) is 9.08. The lowest BCUT2D eigenvalue weighted by Crippen LogP contribution is -2.36. The quantitative estimate of drug-likeness (QED) is 0.328. The number of carbonyl (C=O) groups is 1. The van der Waals surface area contributed by atoms with Gasteiger partial charge >= 0.3 is 0 Å². The number of fused-ring (bicyclic) bond motifs is 2. The van der Waals surface area contributed by atoms with E-state index in [-0.39, 0.29) is 5.91 Å². The molecule has 0 fully saturated rings. The Morgan fingerprint density at radius 2 is 1.77 bits per heavy atom. The molecule has 1 amide bonds. The molecule has 3 aromatic carbocycles. The molecule has 0 unspecified atom stereocenters. The number of aryl methyl sites for hydroxylation is 2. The molecule has 7 heteroatoms. The fraction of sp³-hybridized carbons (Fsp3) is 0.179. The van der Waals surface area contributed by atoms with Gasteiger partial charge in [0.15, 0.2) is 5.82 Å². The molecule has 0 saturated carbocycles. The van der Waals surface area contributed by atoms with E-state index in [1.165, 1.54) is 11.1 Å². The van der Waals surface area contributed by atoms with Gasteiger partial charge in [0.1, 0.15) is 5.69 Å². The maximum atomic E-state index is 13.5. The van der Waals surface area contributed by atoms with Crippen LogP contribution in [0.1, 0.15) is 32.7 Å². The Bertz CT molecular complexity index is 1510. The predicted octanol–water partition coefficient (Wildman–Crippen LogP) is 5.51.